The number of carboxylic acids is 1. The van der Waals surface area contributed by atoms with Gasteiger partial charge in [-0.2, -0.15) is 0 Å². The van der Waals surface area contributed by atoms with Gasteiger partial charge in [0.15, 0.2) is 0 Å². The Balaban J connectivity index is 2.20. The van der Waals surface area contributed by atoms with Gasteiger partial charge >= 0.3 is 5.97 Å². The fraction of sp³-hybridized carbons (Fsp3) is 0.643. The number of carbonyl (C=O) groups is 1. The van der Waals surface area contributed by atoms with E-state index in [-0.39, 0.29) is 5.76 Å². The Hall–Kier alpha value is -1.29. The minimum absolute atomic E-state index is 0.00222. The van der Waals surface area contributed by atoms with Gasteiger partial charge in [-0.15, -0.1) is 0 Å². The van der Waals surface area contributed by atoms with Crippen molar-refractivity contribution in [2.24, 2.45) is 0 Å². The van der Waals surface area contributed by atoms with Crippen molar-refractivity contribution in [3.63, 3.8) is 0 Å². The van der Waals surface area contributed by atoms with Crippen molar-refractivity contribution in [1.29, 1.82) is 0 Å². The van der Waals surface area contributed by atoms with Crippen LogP contribution >= 0.6 is 0 Å². The van der Waals surface area contributed by atoms with E-state index in [1.165, 1.54) is 31.7 Å². The molecule has 1 aromatic rings. The topological polar surface area (TPSA) is 62.5 Å². The molecule has 4 nitrogen and oxygen atoms in total. The van der Waals surface area contributed by atoms with Crippen LogP contribution in [0, 0.1) is 0 Å². The molecule has 1 atom stereocenters. The van der Waals surface area contributed by atoms with E-state index in [9.17, 15) is 4.79 Å². The van der Waals surface area contributed by atoms with E-state index in [1.807, 2.05) is 0 Å². The van der Waals surface area contributed by atoms with E-state index in [2.05, 4.69) is 19.2 Å². The molecule has 0 amide bonds. The molecule has 0 saturated carbocycles. The highest BCUT2D eigenvalue weighted by atomic mass is 16.4. The summed E-state index contributed by atoms with van der Waals surface area (Å²) in [6.45, 7) is 4.94. The minimum Gasteiger partial charge on any atom is -0.475 e. The lowest BCUT2D eigenvalue weighted by Crippen LogP contribution is -2.25. The van der Waals surface area contributed by atoms with Crippen molar-refractivity contribution in [2.45, 2.75) is 58.5 Å². The molecule has 102 valence electrons. The van der Waals surface area contributed by atoms with Crippen molar-refractivity contribution in [1.82, 2.24) is 5.32 Å². The molecule has 1 unspecified atom stereocenters. The highest BCUT2D eigenvalue weighted by molar-refractivity contribution is 5.84. The third-order valence-electron chi connectivity index (χ3n) is 2.99. The van der Waals surface area contributed by atoms with Gasteiger partial charge in [-0.1, -0.05) is 32.6 Å². The van der Waals surface area contributed by atoms with Crippen LogP contribution in [0.5, 0.6) is 0 Å². The van der Waals surface area contributed by atoms with Gasteiger partial charge in [0.2, 0.25) is 5.76 Å². The SMILES string of the molecule is CCCCCCC(C)NCc1ccc(C(=O)O)o1. The molecule has 0 aromatic carbocycles. The lowest BCUT2D eigenvalue weighted by Gasteiger charge is -2.12. The standard InChI is InChI=1S/C14H23NO3/c1-3-4-5-6-7-11(2)15-10-12-8-9-13(18-12)14(16)17/h8-9,11,15H,3-7,10H2,1-2H3,(H,16,17). The van der Waals surface area contributed by atoms with Crippen LogP contribution in [-0.2, 0) is 6.54 Å². The molecular formula is C14H23NO3. The number of furan rings is 1. The summed E-state index contributed by atoms with van der Waals surface area (Å²) in [4.78, 5) is 10.6. The van der Waals surface area contributed by atoms with Crippen LogP contribution in [0.25, 0.3) is 0 Å². The number of hydrogen-bond acceptors (Lipinski definition) is 3. The second-order valence-electron chi connectivity index (χ2n) is 4.70. The van der Waals surface area contributed by atoms with Crippen LogP contribution in [0.2, 0.25) is 0 Å². The minimum atomic E-state index is -1.02. The second-order valence-corrected chi connectivity index (χ2v) is 4.70. The maximum absolute atomic E-state index is 10.6. The molecule has 0 aliphatic carbocycles. The number of rotatable bonds is 9. The van der Waals surface area contributed by atoms with Gasteiger partial charge in [0, 0.05) is 6.04 Å². The van der Waals surface area contributed by atoms with Gasteiger partial charge in [0.1, 0.15) is 5.76 Å². The zero-order valence-corrected chi connectivity index (χ0v) is 11.2. The van der Waals surface area contributed by atoms with Crippen LogP contribution in [0.4, 0.5) is 0 Å². The van der Waals surface area contributed by atoms with Crippen LogP contribution < -0.4 is 5.32 Å². The molecule has 0 spiro atoms. The van der Waals surface area contributed by atoms with Crippen molar-refractivity contribution in [2.75, 3.05) is 0 Å². The fourth-order valence-electron chi connectivity index (χ4n) is 1.84. The molecule has 0 aliphatic rings. The summed E-state index contributed by atoms with van der Waals surface area (Å²) in [5.74, 6) is -0.343. The second kappa shape index (κ2) is 7.93. The van der Waals surface area contributed by atoms with Crippen molar-refractivity contribution in [3.05, 3.63) is 23.7 Å². The number of nitrogens with one attached hydrogen (secondary N) is 1. The molecule has 4 heteroatoms. The van der Waals surface area contributed by atoms with Crippen molar-refractivity contribution < 1.29 is 14.3 Å². The smallest absolute Gasteiger partial charge is 0.371 e. The average molecular weight is 253 g/mol. The molecule has 1 aromatic heterocycles. The van der Waals surface area contributed by atoms with Gasteiger partial charge in [0.25, 0.3) is 0 Å². The predicted octanol–water partition coefficient (Wildman–Crippen LogP) is 3.43. The van der Waals surface area contributed by atoms with Gasteiger partial charge in [0.05, 0.1) is 6.54 Å². The first kappa shape index (κ1) is 14.8. The zero-order valence-electron chi connectivity index (χ0n) is 11.2. The third kappa shape index (κ3) is 5.36. The summed E-state index contributed by atoms with van der Waals surface area (Å²) >= 11 is 0. The van der Waals surface area contributed by atoms with Crippen LogP contribution in [0.15, 0.2) is 16.5 Å². The van der Waals surface area contributed by atoms with E-state index in [4.69, 9.17) is 9.52 Å². The van der Waals surface area contributed by atoms with Crippen molar-refractivity contribution in [3.8, 4) is 0 Å². The first-order chi connectivity index (χ1) is 8.63. The number of aromatic carboxylic acids is 1. The molecule has 0 bridgehead atoms. The zero-order chi connectivity index (χ0) is 13.4. The lowest BCUT2D eigenvalue weighted by atomic mass is 10.1. The highest BCUT2D eigenvalue weighted by Crippen LogP contribution is 2.09. The molecule has 1 heterocycles. The third-order valence-corrected chi connectivity index (χ3v) is 2.99. The van der Waals surface area contributed by atoms with E-state index in [0.29, 0.717) is 18.3 Å². The highest BCUT2D eigenvalue weighted by Gasteiger charge is 2.09. The maximum atomic E-state index is 10.6. The Morgan fingerprint density at radius 1 is 1.39 bits per heavy atom. The predicted molar refractivity (Wildman–Crippen MR) is 70.7 cm³/mol. The van der Waals surface area contributed by atoms with E-state index in [1.54, 1.807) is 6.07 Å². The van der Waals surface area contributed by atoms with Crippen LogP contribution in [-0.4, -0.2) is 17.1 Å². The van der Waals surface area contributed by atoms with Crippen molar-refractivity contribution >= 4 is 5.97 Å². The summed E-state index contributed by atoms with van der Waals surface area (Å²) in [5.41, 5.74) is 0. The average Bonchev–Trinajstić information content (AvgIpc) is 2.81. The van der Waals surface area contributed by atoms with Crippen LogP contribution in [0.1, 0.15) is 62.3 Å². The molecule has 18 heavy (non-hydrogen) atoms. The summed E-state index contributed by atoms with van der Waals surface area (Å²) in [5, 5.41) is 12.1. The Morgan fingerprint density at radius 2 is 2.17 bits per heavy atom. The fourth-order valence-corrected chi connectivity index (χ4v) is 1.84. The summed E-state index contributed by atoms with van der Waals surface area (Å²) in [6, 6.07) is 3.63. The first-order valence-corrected chi connectivity index (χ1v) is 6.69. The van der Waals surface area contributed by atoms with E-state index in [0.717, 1.165) is 6.42 Å². The number of unbranched alkanes of at least 4 members (excludes halogenated alkanes) is 3. The Bertz CT molecular complexity index is 360. The molecule has 1 rings (SSSR count). The monoisotopic (exact) mass is 253 g/mol. The van der Waals surface area contributed by atoms with Gasteiger partial charge in [-0.05, 0) is 25.5 Å². The first-order valence-electron chi connectivity index (χ1n) is 6.69. The molecule has 0 fully saturated rings. The largest absolute Gasteiger partial charge is 0.475 e. The van der Waals surface area contributed by atoms with Gasteiger partial charge in [-0.25, -0.2) is 4.79 Å². The van der Waals surface area contributed by atoms with Gasteiger partial charge < -0.3 is 14.8 Å². The number of carboxylic acid groups (broad SMARTS) is 1. The molecule has 0 radical (unpaired) electrons. The molecular weight excluding hydrogens is 230 g/mol. The van der Waals surface area contributed by atoms with E-state index < -0.39 is 5.97 Å². The van der Waals surface area contributed by atoms with E-state index >= 15 is 0 Å². The summed E-state index contributed by atoms with van der Waals surface area (Å²) in [7, 11) is 0. The van der Waals surface area contributed by atoms with Gasteiger partial charge in [-0.3, -0.25) is 0 Å². The lowest BCUT2D eigenvalue weighted by molar-refractivity contribution is 0.0660. The summed E-state index contributed by atoms with van der Waals surface area (Å²) < 4.78 is 5.18. The molecule has 0 aliphatic heterocycles. The van der Waals surface area contributed by atoms with Crippen LogP contribution in [0.3, 0.4) is 0 Å². The molecule has 0 saturated heterocycles. The quantitative estimate of drug-likeness (QED) is 0.662. The normalized spacial score (nSPS) is 12.6. The maximum Gasteiger partial charge on any atom is 0.371 e. The Kier molecular flexibility index (Phi) is 6.50. The summed E-state index contributed by atoms with van der Waals surface area (Å²) in [6.07, 6.45) is 6.22. The Labute approximate surface area is 108 Å². The number of hydrogen-bond donors (Lipinski definition) is 2. The molecule has 2 N–H and O–H groups in total. The Morgan fingerprint density at radius 3 is 2.78 bits per heavy atom.